The second-order valence-electron chi connectivity index (χ2n) is 18.0. The van der Waals surface area contributed by atoms with Gasteiger partial charge in [0.1, 0.15) is 0 Å². The molecule has 0 spiro atoms. The standard InChI is InChI=1S/C24H23N4O.C22H32GeN.Ir/c1-13-9-10-17(21-19(13)16-8-7-11-25-23(16)29-21)22-27-18-12-14(2)26-15(3)20(18)28(22)24(4,5)6;1-16(2)13-18-14-21(24-15-20(18)23(6,7)8)17-9-11-19(12-10-17)22(3,4)5;/h7-9,11-12H,1-6H3;9,11-12,14-16H,13H2,1-8H3;/q2*-1;. The molecule has 0 saturated heterocycles. The largest absolute Gasteiger partial charge is 0.486 e. The monoisotopic (exact) mass is 960 g/mol. The Morgan fingerprint density at radius 2 is 1.61 bits per heavy atom. The van der Waals surface area contributed by atoms with Crippen LogP contribution in [0.2, 0.25) is 17.3 Å². The van der Waals surface area contributed by atoms with Crippen LogP contribution in [0.4, 0.5) is 0 Å². The Morgan fingerprint density at radius 1 is 0.889 bits per heavy atom. The molecule has 0 bridgehead atoms. The molecule has 5 heterocycles. The van der Waals surface area contributed by atoms with Gasteiger partial charge in [0.25, 0.3) is 0 Å². The molecule has 6 nitrogen and oxygen atoms in total. The van der Waals surface area contributed by atoms with Gasteiger partial charge in [-0.3, -0.25) is 9.97 Å². The summed E-state index contributed by atoms with van der Waals surface area (Å²) in [6.45, 7) is 24.0. The molecular weight excluding hydrogens is 903 g/mol. The fraction of sp³-hybridized carbons (Fsp3) is 0.391. The quantitative estimate of drug-likeness (QED) is 0.127. The van der Waals surface area contributed by atoms with Crippen molar-refractivity contribution in [2.75, 3.05) is 0 Å². The van der Waals surface area contributed by atoms with Crippen LogP contribution in [0.3, 0.4) is 0 Å². The number of pyridine rings is 3. The third kappa shape index (κ3) is 8.44. The van der Waals surface area contributed by atoms with Crippen LogP contribution < -0.4 is 4.40 Å². The summed E-state index contributed by atoms with van der Waals surface area (Å²) in [5.74, 6) is 8.85. The Kier molecular flexibility index (Phi) is 11.9. The molecule has 1 radical (unpaired) electrons. The van der Waals surface area contributed by atoms with Crippen molar-refractivity contribution in [1.82, 2.24) is 24.5 Å². The second-order valence-corrected chi connectivity index (χ2v) is 28.6. The first kappa shape index (κ1) is 41.5. The van der Waals surface area contributed by atoms with Crippen molar-refractivity contribution in [1.29, 1.82) is 0 Å². The Labute approximate surface area is 338 Å². The van der Waals surface area contributed by atoms with Crippen LogP contribution in [-0.4, -0.2) is 37.8 Å². The molecule has 8 heteroatoms. The zero-order valence-corrected chi connectivity index (χ0v) is 39.0. The van der Waals surface area contributed by atoms with E-state index in [1.54, 1.807) is 10.6 Å². The summed E-state index contributed by atoms with van der Waals surface area (Å²) in [6.07, 6.45) is 5.04. The van der Waals surface area contributed by atoms with E-state index in [0.29, 0.717) is 11.6 Å². The molecule has 285 valence electrons. The van der Waals surface area contributed by atoms with Crippen LogP contribution in [0.15, 0.2) is 65.3 Å². The van der Waals surface area contributed by atoms with Gasteiger partial charge in [-0.1, -0.05) is 17.9 Å². The van der Waals surface area contributed by atoms with Crippen molar-refractivity contribution in [3.63, 3.8) is 0 Å². The number of furan rings is 1. The van der Waals surface area contributed by atoms with E-state index >= 15 is 0 Å². The summed E-state index contributed by atoms with van der Waals surface area (Å²) < 4.78 is 10.0. The maximum absolute atomic E-state index is 6.23. The Hall–Kier alpha value is -3.65. The maximum atomic E-state index is 6.23. The van der Waals surface area contributed by atoms with Gasteiger partial charge in [0.2, 0.25) is 5.71 Å². The Morgan fingerprint density at radius 3 is 2.22 bits per heavy atom. The number of nitrogens with zero attached hydrogens (tertiary/aromatic N) is 5. The summed E-state index contributed by atoms with van der Waals surface area (Å²) in [6, 6.07) is 23.8. The number of aryl methyl sites for hydroxylation is 3. The van der Waals surface area contributed by atoms with Crippen LogP contribution in [0, 0.1) is 38.8 Å². The van der Waals surface area contributed by atoms with E-state index in [-0.39, 0.29) is 31.1 Å². The molecule has 0 unspecified atom stereocenters. The number of benzene rings is 2. The van der Waals surface area contributed by atoms with Crippen LogP contribution >= 0.6 is 0 Å². The van der Waals surface area contributed by atoms with E-state index in [0.717, 1.165) is 73.4 Å². The molecule has 7 rings (SSSR count). The predicted octanol–water partition coefficient (Wildman–Crippen LogP) is 11.5. The molecule has 7 aromatic rings. The van der Waals surface area contributed by atoms with Crippen molar-refractivity contribution in [2.24, 2.45) is 5.92 Å². The molecule has 0 atom stereocenters. The number of hydrogen-bond donors (Lipinski definition) is 0. The summed E-state index contributed by atoms with van der Waals surface area (Å²) in [5.41, 5.74) is 12.2. The van der Waals surface area contributed by atoms with Crippen molar-refractivity contribution in [2.45, 2.75) is 111 Å². The first-order valence-corrected chi connectivity index (χ1v) is 26.2. The minimum Gasteiger partial charge on any atom is -0.486 e. The van der Waals surface area contributed by atoms with Gasteiger partial charge in [-0.05, 0) is 52.8 Å². The van der Waals surface area contributed by atoms with Crippen molar-refractivity contribution in [3.05, 3.63) is 101 Å². The number of rotatable bonds is 5. The van der Waals surface area contributed by atoms with Crippen molar-refractivity contribution < 1.29 is 24.5 Å². The molecule has 0 saturated carbocycles. The van der Waals surface area contributed by atoms with Crippen LogP contribution in [0.25, 0.3) is 55.7 Å². The number of imidazole rings is 1. The third-order valence-corrected chi connectivity index (χ3v) is 14.1. The van der Waals surface area contributed by atoms with E-state index in [1.165, 1.54) is 11.1 Å². The fourth-order valence-corrected chi connectivity index (χ4v) is 10.6. The summed E-state index contributed by atoms with van der Waals surface area (Å²) in [4.78, 5) is 18.9. The molecule has 0 aliphatic rings. The van der Waals surface area contributed by atoms with Crippen LogP contribution in [0.1, 0.15) is 83.5 Å². The molecular formula is C46H55GeIrN5O-2. The van der Waals surface area contributed by atoms with E-state index in [4.69, 9.17) is 14.4 Å². The molecule has 0 fully saturated rings. The molecule has 5 aromatic heterocycles. The molecule has 0 amide bonds. The molecule has 0 aliphatic heterocycles. The Bertz CT molecular complexity index is 2440. The molecule has 0 N–H and O–H groups in total. The van der Waals surface area contributed by atoms with Crippen molar-refractivity contribution >= 4 is 50.8 Å². The normalized spacial score (nSPS) is 12.4. The van der Waals surface area contributed by atoms with Gasteiger partial charge in [-0.25, -0.2) is 4.98 Å². The molecule has 2 aromatic carbocycles. The van der Waals surface area contributed by atoms with Crippen LogP contribution in [0.5, 0.6) is 0 Å². The van der Waals surface area contributed by atoms with Gasteiger partial charge in [-0.15, -0.1) is 17.7 Å². The smallest absolute Gasteiger partial charge is 0.216 e. The maximum Gasteiger partial charge on any atom is 0.216 e. The molecule has 54 heavy (non-hydrogen) atoms. The number of hydrogen-bond acceptors (Lipinski definition) is 5. The summed E-state index contributed by atoms with van der Waals surface area (Å²) in [7, 11) is 0. The van der Waals surface area contributed by atoms with Gasteiger partial charge in [0, 0.05) is 42.9 Å². The van der Waals surface area contributed by atoms with E-state index < -0.39 is 13.3 Å². The van der Waals surface area contributed by atoms with Crippen LogP contribution in [-0.2, 0) is 37.5 Å². The molecule has 0 aliphatic carbocycles. The van der Waals surface area contributed by atoms with Crippen molar-refractivity contribution in [3.8, 4) is 22.6 Å². The number of fused-ring (bicyclic) bond motifs is 4. The number of aromatic nitrogens is 5. The topological polar surface area (TPSA) is 69.6 Å². The summed E-state index contributed by atoms with van der Waals surface area (Å²) >= 11 is -1.90. The SMILES string of the molecule is CC(C)Cc1cc(-c2[c-]cc(C(C)(C)C)cc2)nc[c]1[Ge]([CH3])([CH3])[CH3].Cc1cc2nc(-c3[c-]cc(C)c4c3oc3ncccc34)n(C(C)(C)C)c2c(C)n1.[Ir]. The zero-order chi connectivity index (χ0) is 38.6. The minimum absolute atomic E-state index is 0. The third-order valence-electron chi connectivity index (χ3n) is 9.73. The van der Waals surface area contributed by atoms with E-state index in [2.05, 4.69) is 143 Å². The van der Waals surface area contributed by atoms with E-state index in [9.17, 15) is 0 Å². The van der Waals surface area contributed by atoms with Gasteiger partial charge < -0.3 is 8.98 Å². The summed E-state index contributed by atoms with van der Waals surface area (Å²) in [5, 5.41) is 2.09. The average Bonchev–Trinajstić information content (AvgIpc) is 3.64. The van der Waals surface area contributed by atoms with Gasteiger partial charge >= 0.3 is 151 Å². The second kappa shape index (κ2) is 15.5. The average molecular weight is 959 g/mol. The Balaban J connectivity index is 0.000000208. The van der Waals surface area contributed by atoms with E-state index in [1.807, 2.05) is 32.0 Å². The van der Waals surface area contributed by atoms with Gasteiger partial charge in [0.15, 0.2) is 0 Å². The predicted molar refractivity (Wildman–Crippen MR) is 225 cm³/mol. The first-order valence-electron chi connectivity index (χ1n) is 18.8. The first-order chi connectivity index (χ1) is 24.7. The zero-order valence-electron chi connectivity index (χ0n) is 34.5. The minimum atomic E-state index is -1.90. The van der Waals surface area contributed by atoms with Gasteiger partial charge in [0.05, 0.1) is 28.1 Å². The van der Waals surface area contributed by atoms with Gasteiger partial charge in [-0.2, -0.15) is 0 Å². The fourth-order valence-electron chi connectivity index (χ4n) is 7.22.